The fourth-order valence-corrected chi connectivity index (χ4v) is 3.28. The average Bonchev–Trinajstić information content (AvgIpc) is 3.27. The van der Waals surface area contributed by atoms with Gasteiger partial charge in [0.15, 0.2) is 5.96 Å². The number of nitrogens with zero attached hydrogens (tertiary/aromatic N) is 3. The summed E-state index contributed by atoms with van der Waals surface area (Å²) in [7, 11) is 1.74. The number of likely N-dealkylation sites (tertiary alicyclic amines) is 1. The van der Waals surface area contributed by atoms with Crippen LogP contribution in [0.5, 0.6) is 0 Å². The van der Waals surface area contributed by atoms with Crippen molar-refractivity contribution < 1.29 is 4.79 Å². The first-order chi connectivity index (χ1) is 14.1. The molecule has 0 atom stereocenters. The summed E-state index contributed by atoms with van der Waals surface area (Å²) in [5, 5.41) is 10.1. The molecule has 1 fully saturated rings. The minimum Gasteiger partial charge on any atom is -0.356 e. The van der Waals surface area contributed by atoms with Crippen molar-refractivity contribution in [3.8, 4) is 0 Å². The van der Waals surface area contributed by atoms with Crippen LogP contribution in [0.2, 0.25) is 5.15 Å². The largest absolute Gasteiger partial charge is 0.356 e. The first-order valence-corrected chi connectivity index (χ1v) is 10.2. The van der Waals surface area contributed by atoms with Crippen LogP contribution >= 0.6 is 11.6 Å². The van der Waals surface area contributed by atoms with Crippen molar-refractivity contribution in [2.45, 2.75) is 25.8 Å². The summed E-state index contributed by atoms with van der Waals surface area (Å²) in [6.07, 6.45) is 4.76. The van der Waals surface area contributed by atoms with E-state index >= 15 is 0 Å². The molecule has 3 N–H and O–H groups in total. The Morgan fingerprint density at radius 1 is 1.17 bits per heavy atom. The van der Waals surface area contributed by atoms with E-state index in [0.717, 1.165) is 61.7 Å². The van der Waals surface area contributed by atoms with Crippen LogP contribution in [0, 0.1) is 0 Å². The van der Waals surface area contributed by atoms with Gasteiger partial charge in [-0.05, 0) is 48.6 Å². The third-order valence-corrected chi connectivity index (χ3v) is 4.97. The Labute approximate surface area is 176 Å². The third-order valence-electron chi connectivity index (χ3n) is 4.75. The molecule has 2 heterocycles. The van der Waals surface area contributed by atoms with E-state index in [1.165, 1.54) is 0 Å². The van der Waals surface area contributed by atoms with Crippen LogP contribution in [0.25, 0.3) is 0 Å². The fourth-order valence-electron chi connectivity index (χ4n) is 3.17. The molecule has 0 radical (unpaired) electrons. The summed E-state index contributed by atoms with van der Waals surface area (Å²) in [5.41, 5.74) is 2.98. The number of urea groups is 1. The van der Waals surface area contributed by atoms with Gasteiger partial charge in [0.05, 0.1) is 0 Å². The number of carbonyl (C=O) groups excluding carboxylic acids is 1. The van der Waals surface area contributed by atoms with Gasteiger partial charge in [0.1, 0.15) is 5.15 Å². The zero-order valence-corrected chi connectivity index (χ0v) is 17.4. The van der Waals surface area contributed by atoms with E-state index in [1.807, 2.05) is 35.2 Å². The van der Waals surface area contributed by atoms with E-state index in [1.54, 1.807) is 19.3 Å². The second-order valence-electron chi connectivity index (χ2n) is 6.92. The molecule has 154 valence electrons. The quantitative estimate of drug-likeness (QED) is 0.385. The summed E-state index contributed by atoms with van der Waals surface area (Å²) in [6, 6.07) is 11.6. The maximum atomic E-state index is 12.3. The lowest BCUT2D eigenvalue weighted by Gasteiger charge is -2.17. The summed E-state index contributed by atoms with van der Waals surface area (Å²) in [5.74, 6) is 0.721. The molecular weight excluding hydrogens is 388 g/mol. The summed E-state index contributed by atoms with van der Waals surface area (Å²) in [4.78, 5) is 22.4. The van der Waals surface area contributed by atoms with E-state index < -0.39 is 0 Å². The number of rotatable bonds is 6. The molecule has 1 aromatic heterocycles. The van der Waals surface area contributed by atoms with Gasteiger partial charge in [0, 0.05) is 45.1 Å². The molecule has 1 aliphatic rings. The molecule has 0 unspecified atom stereocenters. The van der Waals surface area contributed by atoms with E-state index in [2.05, 4.69) is 25.9 Å². The van der Waals surface area contributed by atoms with Crippen LogP contribution in [-0.2, 0) is 13.0 Å². The number of aliphatic imine (C=N–C) groups is 1. The number of benzene rings is 1. The Hall–Kier alpha value is -2.80. The van der Waals surface area contributed by atoms with E-state index in [4.69, 9.17) is 11.6 Å². The number of anilines is 1. The Kier molecular flexibility index (Phi) is 7.69. The van der Waals surface area contributed by atoms with Gasteiger partial charge >= 0.3 is 6.03 Å². The lowest BCUT2D eigenvalue weighted by atomic mass is 10.2. The summed E-state index contributed by atoms with van der Waals surface area (Å²) < 4.78 is 0. The number of nitrogens with one attached hydrogen (secondary N) is 3. The highest BCUT2D eigenvalue weighted by Gasteiger charge is 2.17. The Balaban J connectivity index is 1.45. The highest BCUT2D eigenvalue weighted by atomic mass is 35.5. The van der Waals surface area contributed by atoms with Crippen LogP contribution in [0.15, 0.2) is 47.6 Å². The Bertz CT molecular complexity index is 833. The van der Waals surface area contributed by atoms with Crippen LogP contribution < -0.4 is 16.0 Å². The second-order valence-corrected chi connectivity index (χ2v) is 7.30. The number of guanidine groups is 1. The molecule has 0 aliphatic carbocycles. The van der Waals surface area contributed by atoms with Crippen LogP contribution in [0.4, 0.5) is 10.5 Å². The number of hydrogen-bond acceptors (Lipinski definition) is 3. The number of pyridine rings is 1. The lowest BCUT2D eigenvalue weighted by molar-refractivity contribution is 0.222. The van der Waals surface area contributed by atoms with Crippen molar-refractivity contribution in [2.75, 3.05) is 32.0 Å². The van der Waals surface area contributed by atoms with E-state index in [9.17, 15) is 4.79 Å². The number of carbonyl (C=O) groups is 1. The monoisotopic (exact) mass is 414 g/mol. The summed E-state index contributed by atoms with van der Waals surface area (Å²) >= 11 is 5.81. The molecule has 2 aromatic rings. The third kappa shape index (κ3) is 6.64. The SMILES string of the molecule is CN=C(NCCc1ccc(Cl)nc1)NCc1cccc(NC(=O)N2CCCC2)c1. The van der Waals surface area contributed by atoms with Crippen molar-refractivity contribution in [2.24, 2.45) is 4.99 Å². The van der Waals surface area contributed by atoms with Crippen molar-refractivity contribution in [3.05, 3.63) is 58.9 Å². The molecule has 7 nitrogen and oxygen atoms in total. The number of halogens is 1. The van der Waals surface area contributed by atoms with Crippen molar-refractivity contribution in [3.63, 3.8) is 0 Å². The van der Waals surface area contributed by atoms with Gasteiger partial charge in [0.25, 0.3) is 0 Å². The smallest absolute Gasteiger partial charge is 0.321 e. The molecule has 2 amide bonds. The molecule has 1 aliphatic heterocycles. The molecule has 8 heteroatoms. The highest BCUT2D eigenvalue weighted by Crippen LogP contribution is 2.14. The van der Waals surface area contributed by atoms with Crippen LogP contribution in [-0.4, -0.2) is 48.6 Å². The molecule has 1 saturated heterocycles. The molecular formula is C21H27ClN6O. The van der Waals surface area contributed by atoms with Gasteiger partial charge in [-0.3, -0.25) is 4.99 Å². The molecule has 1 aromatic carbocycles. The fraction of sp³-hybridized carbons (Fsp3) is 0.381. The molecule has 0 saturated carbocycles. The van der Waals surface area contributed by atoms with E-state index in [-0.39, 0.29) is 6.03 Å². The summed E-state index contributed by atoms with van der Waals surface area (Å²) in [6.45, 7) is 3.01. The Morgan fingerprint density at radius 3 is 2.72 bits per heavy atom. The van der Waals surface area contributed by atoms with Gasteiger partial charge in [-0.2, -0.15) is 0 Å². The number of amides is 2. The normalized spacial score (nSPS) is 14.0. The Morgan fingerprint density at radius 2 is 2.00 bits per heavy atom. The van der Waals surface area contributed by atoms with Crippen molar-refractivity contribution in [1.82, 2.24) is 20.5 Å². The average molecular weight is 415 g/mol. The number of aromatic nitrogens is 1. The zero-order chi connectivity index (χ0) is 20.5. The van der Waals surface area contributed by atoms with Gasteiger partial charge < -0.3 is 20.9 Å². The maximum absolute atomic E-state index is 12.3. The highest BCUT2D eigenvalue weighted by molar-refractivity contribution is 6.29. The topological polar surface area (TPSA) is 81.6 Å². The van der Waals surface area contributed by atoms with Crippen LogP contribution in [0.1, 0.15) is 24.0 Å². The molecule has 3 rings (SSSR count). The van der Waals surface area contributed by atoms with Gasteiger partial charge in [-0.15, -0.1) is 0 Å². The van der Waals surface area contributed by atoms with Crippen LogP contribution in [0.3, 0.4) is 0 Å². The molecule has 29 heavy (non-hydrogen) atoms. The molecule has 0 bridgehead atoms. The van der Waals surface area contributed by atoms with Gasteiger partial charge in [0.2, 0.25) is 0 Å². The maximum Gasteiger partial charge on any atom is 0.321 e. The predicted octanol–water partition coefficient (Wildman–Crippen LogP) is 3.27. The van der Waals surface area contributed by atoms with Crippen molar-refractivity contribution >= 4 is 29.3 Å². The zero-order valence-electron chi connectivity index (χ0n) is 16.6. The lowest BCUT2D eigenvalue weighted by Crippen LogP contribution is -2.37. The predicted molar refractivity (Wildman–Crippen MR) is 117 cm³/mol. The van der Waals surface area contributed by atoms with Gasteiger partial charge in [-0.1, -0.05) is 29.8 Å². The standard InChI is InChI=1S/C21H27ClN6O/c1-23-20(24-10-9-16-7-8-19(22)25-14-16)26-15-17-5-4-6-18(13-17)27-21(29)28-11-2-3-12-28/h4-8,13-14H,2-3,9-12,15H2,1H3,(H,27,29)(H2,23,24,26). The second kappa shape index (κ2) is 10.7. The minimum absolute atomic E-state index is 0.0261. The molecule has 0 spiro atoms. The first-order valence-electron chi connectivity index (χ1n) is 9.84. The number of hydrogen-bond donors (Lipinski definition) is 3. The van der Waals surface area contributed by atoms with E-state index in [0.29, 0.717) is 11.7 Å². The van der Waals surface area contributed by atoms with Crippen molar-refractivity contribution in [1.29, 1.82) is 0 Å². The minimum atomic E-state index is -0.0261. The first kappa shape index (κ1) is 20.9. The van der Waals surface area contributed by atoms with Gasteiger partial charge in [-0.25, -0.2) is 9.78 Å².